The fourth-order valence-corrected chi connectivity index (χ4v) is 4.01. The molecule has 108 valence electrons. The minimum absolute atomic E-state index is 0.0812. The average Bonchev–Trinajstić information content (AvgIpc) is 2.93. The van der Waals surface area contributed by atoms with Gasteiger partial charge < -0.3 is 5.32 Å². The number of thiophene rings is 1. The molecule has 0 aliphatic heterocycles. The van der Waals surface area contributed by atoms with Crippen molar-refractivity contribution in [1.82, 2.24) is 0 Å². The maximum Gasteiger partial charge on any atom is 0.141 e. The van der Waals surface area contributed by atoms with Gasteiger partial charge in [0.1, 0.15) is 11.9 Å². The third kappa shape index (κ3) is 2.93. The summed E-state index contributed by atoms with van der Waals surface area (Å²) in [5.41, 5.74) is 2.36. The summed E-state index contributed by atoms with van der Waals surface area (Å²) in [6, 6.07) is 8.93. The standard InChI is InChI=1S/C17H17FN2S/c1-11(17-9-12-4-2-3-5-16(12)21-17)20-14-6-7-15(18)13(8-14)10-19/h6-9,11,20H,2-5H2,1H3. The molecule has 0 saturated heterocycles. The van der Waals surface area contributed by atoms with E-state index in [1.165, 1.54) is 47.1 Å². The van der Waals surface area contributed by atoms with Gasteiger partial charge in [-0.3, -0.25) is 0 Å². The fourth-order valence-electron chi connectivity index (χ4n) is 2.75. The van der Waals surface area contributed by atoms with E-state index in [0.29, 0.717) is 0 Å². The quantitative estimate of drug-likeness (QED) is 0.883. The number of rotatable bonds is 3. The summed E-state index contributed by atoms with van der Waals surface area (Å²) in [5.74, 6) is -0.470. The third-order valence-corrected chi connectivity index (χ3v) is 5.33. The molecule has 1 aliphatic carbocycles. The highest BCUT2D eigenvalue weighted by molar-refractivity contribution is 7.12. The Balaban J connectivity index is 1.78. The molecular formula is C17H17FN2S. The Kier molecular flexibility index (Phi) is 3.94. The molecule has 1 aliphatic rings. The molecule has 0 saturated carbocycles. The Morgan fingerprint density at radius 2 is 2.10 bits per heavy atom. The summed E-state index contributed by atoms with van der Waals surface area (Å²) in [6.45, 7) is 2.10. The Morgan fingerprint density at radius 1 is 1.29 bits per heavy atom. The number of hydrogen-bond acceptors (Lipinski definition) is 3. The summed E-state index contributed by atoms with van der Waals surface area (Å²) in [7, 11) is 0. The zero-order valence-corrected chi connectivity index (χ0v) is 12.8. The lowest BCUT2D eigenvalue weighted by molar-refractivity contribution is 0.624. The van der Waals surface area contributed by atoms with E-state index in [-0.39, 0.29) is 11.6 Å². The van der Waals surface area contributed by atoms with Crippen LogP contribution in [0.25, 0.3) is 0 Å². The zero-order chi connectivity index (χ0) is 14.8. The third-order valence-electron chi connectivity index (χ3n) is 3.91. The van der Waals surface area contributed by atoms with Crippen LogP contribution in [0.5, 0.6) is 0 Å². The van der Waals surface area contributed by atoms with Gasteiger partial charge in [0.05, 0.1) is 11.6 Å². The van der Waals surface area contributed by atoms with Gasteiger partial charge in [0, 0.05) is 15.4 Å². The molecule has 0 bridgehead atoms. The smallest absolute Gasteiger partial charge is 0.141 e. The van der Waals surface area contributed by atoms with E-state index in [1.54, 1.807) is 12.1 Å². The van der Waals surface area contributed by atoms with Crippen molar-refractivity contribution >= 4 is 17.0 Å². The molecular weight excluding hydrogens is 283 g/mol. The number of halogens is 1. The van der Waals surface area contributed by atoms with Crippen LogP contribution in [0.4, 0.5) is 10.1 Å². The highest BCUT2D eigenvalue weighted by Gasteiger charge is 2.16. The first kappa shape index (κ1) is 14.1. The molecule has 0 fully saturated rings. The first-order chi connectivity index (χ1) is 10.2. The first-order valence-corrected chi connectivity index (χ1v) is 8.06. The van der Waals surface area contributed by atoms with Gasteiger partial charge in [-0.25, -0.2) is 4.39 Å². The topological polar surface area (TPSA) is 35.8 Å². The average molecular weight is 300 g/mol. The number of aryl methyl sites for hydroxylation is 2. The van der Waals surface area contributed by atoms with Crippen molar-refractivity contribution < 1.29 is 4.39 Å². The highest BCUT2D eigenvalue weighted by atomic mass is 32.1. The largest absolute Gasteiger partial charge is 0.378 e. The molecule has 21 heavy (non-hydrogen) atoms. The van der Waals surface area contributed by atoms with Crippen LogP contribution in [-0.4, -0.2) is 0 Å². The van der Waals surface area contributed by atoms with Gasteiger partial charge in [0.2, 0.25) is 0 Å². The van der Waals surface area contributed by atoms with Gasteiger partial charge >= 0.3 is 0 Å². The molecule has 4 heteroatoms. The monoisotopic (exact) mass is 300 g/mol. The van der Waals surface area contributed by atoms with Crippen molar-refractivity contribution in [3.05, 3.63) is 51.0 Å². The SMILES string of the molecule is CC(Nc1ccc(F)c(C#N)c1)c1cc2c(s1)CCCC2. The van der Waals surface area contributed by atoms with Gasteiger partial charge in [-0.15, -0.1) is 11.3 Å². The minimum atomic E-state index is -0.470. The van der Waals surface area contributed by atoms with E-state index in [2.05, 4.69) is 18.3 Å². The lowest BCUT2D eigenvalue weighted by Crippen LogP contribution is -2.05. The molecule has 3 rings (SSSR count). The van der Waals surface area contributed by atoms with Gasteiger partial charge in [0.15, 0.2) is 0 Å². The molecule has 1 aromatic heterocycles. The summed E-state index contributed by atoms with van der Waals surface area (Å²) >= 11 is 1.87. The van der Waals surface area contributed by atoms with Gasteiger partial charge in [-0.2, -0.15) is 5.26 Å². The second kappa shape index (κ2) is 5.87. The van der Waals surface area contributed by atoms with E-state index < -0.39 is 5.82 Å². The molecule has 0 radical (unpaired) electrons. The van der Waals surface area contributed by atoms with Gasteiger partial charge in [0.25, 0.3) is 0 Å². The van der Waals surface area contributed by atoms with E-state index in [1.807, 2.05) is 17.4 Å². The number of nitrogens with one attached hydrogen (secondary N) is 1. The highest BCUT2D eigenvalue weighted by Crippen LogP contribution is 2.34. The fraction of sp³-hybridized carbons (Fsp3) is 0.353. The first-order valence-electron chi connectivity index (χ1n) is 7.25. The second-order valence-electron chi connectivity index (χ2n) is 5.48. The number of nitriles is 1. The summed E-state index contributed by atoms with van der Waals surface area (Å²) in [5, 5.41) is 12.3. The maximum atomic E-state index is 13.3. The van der Waals surface area contributed by atoms with Crippen LogP contribution in [0, 0.1) is 17.1 Å². The predicted molar refractivity (Wildman–Crippen MR) is 84.1 cm³/mol. The van der Waals surface area contributed by atoms with E-state index in [4.69, 9.17) is 5.26 Å². The molecule has 1 atom stereocenters. The normalized spacial score (nSPS) is 15.1. The van der Waals surface area contributed by atoms with Crippen molar-refractivity contribution in [2.45, 2.75) is 38.6 Å². The maximum absolute atomic E-state index is 13.3. The molecule has 1 aromatic carbocycles. The predicted octanol–water partition coefficient (Wildman–Crippen LogP) is 4.81. The zero-order valence-electron chi connectivity index (χ0n) is 11.9. The Bertz CT molecular complexity index is 676. The van der Waals surface area contributed by atoms with Gasteiger partial charge in [-0.1, -0.05) is 0 Å². The lowest BCUT2D eigenvalue weighted by Gasteiger charge is -2.14. The molecule has 2 nitrogen and oxygen atoms in total. The van der Waals surface area contributed by atoms with E-state index in [0.717, 1.165) is 5.69 Å². The van der Waals surface area contributed by atoms with Crippen LogP contribution >= 0.6 is 11.3 Å². The van der Waals surface area contributed by atoms with Crippen LogP contribution in [-0.2, 0) is 12.8 Å². The number of hydrogen-bond donors (Lipinski definition) is 1. The number of fused-ring (bicyclic) bond motifs is 1. The van der Waals surface area contributed by atoms with Gasteiger partial charge in [-0.05, 0) is 62.4 Å². The van der Waals surface area contributed by atoms with E-state index in [9.17, 15) is 4.39 Å². The van der Waals surface area contributed by atoms with E-state index >= 15 is 0 Å². The molecule has 0 spiro atoms. The molecule has 1 heterocycles. The van der Waals surface area contributed by atoms with Crippen molar-refractivity contribution in [1.29, 1.82) is 5.26 Å². The van der Waals surface area contributed by atoms with Crippen molar-refractivity contribution in [2.75, 3.05) is 5.32 Å². The van der Waals surface area contributed by atoms with Crippen molar-refractivity contribution in [3.8, 4) is 6.07 Å². The summed E-state index contributed by atoms with van der Waals surface area (Å²) < 4.78 is 13.3. The Labute approximate surface area is 128 Å². The summed E-state index contributed by atoms with van der Waals surface area (Å²) in [6.07, 6.45) is 4.96. The molecule has 1 unspecified atom stereocenters. The van der Waals surface area contributed by atoms with Crippen LogP contribution < -0.4 is 5.32 Å². The number of nitrogens with zero attached hydrogens (tertiary/aromatic N) is 1. The van der Waals surface area contributed by atoms with Crippen LogP contribution in [0.2, 0.25) is 0 Å². The molecule has 0 amide bonds. The van der Waals surface area contributed by atoms with Crippen LogP contribution in [0.15, 0.2) is 24.3 Å². The lowest BCUT2D eigenvalue weighted by atomic mass is 9.99. The van der Waals surface area contributed by atoms with Crippen molar-refractivity contribution in [3.63, 3.8) is 0 Å². The Hall–Kier alpha value is -1.86. The number of benzene rings is 1. The van der Waals surface area contributed by atoms with Crippen molar-refractivity contribution in [2.24, 2.45) is 0 Å². The second-order valence-corrected chi connectivity index (χ2v) is 6.65. The number of anilines is 1. The Morgan fingerprint density at radius 3 is 2.86 bits per heavy atom. The van der Waals surface area contributed by atoms with Crippen LogP contribution in [0.3, 0.4) is 0 Å². The van der Waals surface area contributed by atoms with Crippen LogP contribution in [0.1, 0.15) is 46.7 Å². The minimum Gasteiger partial charge on any atom is -0.378 e. The molecule has 1 N–H and O–H groups in total. The summed E-state index contributed by atoms with van der Waals surface area (Å²) in [4.78, 5) is 2.83. The molecule has 2 aromatic rings.